The fourth-order valence-electron chi connectivity index (χ4n) is 2.31. The molecule has 2 amide bonds. The van der Waals surface area contributed by atoms with Crippen LogP contribution in [0.1, 0.15) is 48.5 Å². The molecule has 1 unspecified atom stereocenters. The monoisotopic (exact) mass is 360 g/mol. The van der Waals surface area contributed by atoms with Crippen LogP contribution in [0.15, 0.2) is 41.8 Å². The van der Waals surface area contributed by atoms with Gasteiger partial charge in [-0.2, -0.15) is 0 Å². The van der Waals surface area contributed by atoms with Gasteiger partial charge in [0.25, 0.3) is 5.91 Å². The van der Waals surface area contributed by atoms with E-state index in [1.54, 1.807) is 6.07 Å². The van der Waals surface area contributed by atoms with Gasteiger partial charge in [-0.25, -0.2) is 0 Å². The normalized spacial score (nSPS) is 11.8. The van der Waals surface area contributed by atoms with Crippen LogP contribution in [0.3, 0.4) is 0 Å². The summed E-state index contributed by atoms with van der Waals surface area (Å²) in [6, 6.07) is 11.2. The maximum Gasteiger partial charge on any atom is 0.261 e. The first-order valence-electron chi connectivity index (χ1n) is 8.33. The first-order chi connectivity index (χ1) is 12.0. The molecule has 0 bridgehead atoms. The molecule has 2 N–H and O–H groups in total. The number of hydrogen-bond donors (Lipinski definition) is 2. The Morgan fingerprint density at radius 3 is 2.64 bits per heavy atom. The van der Waals surface area contributed by atoms with Crippen LogP contribution in [0.5, 0.6) is 5.75 Å². The summed E-state index contributed by atoms with van der Waals surface area (Å²) in [7, 11) is 0. The molecule has 134 valence electrons. The predicted molar refractivity (Wildman–Crippen MR) is 100 cm³/mol. The van der Waals surface area contributed by atoms with Crippen molar-refractivity contribution in [2.24, 2.45) is 0 Å². The number of carbonyl (C=O) groups excluding carboxylic acids is 2. The predicted octanol–water partition coefficient (Wildman–Crippen LogP) is 3.53. The van der Waals surface area contributed by atoms with E-state index >= 15 is 0 Å². The van der Waals surface area contributed by atoms with Crippen LogP contribution in [0.4, 0.5) is 0 Å². The van der Waals surface area contributed by atoms with Gasteiger partial charge < -0.3 is 15.4 Å². The number of amides is 2. The molecule has 1 atom stereocenters. The second kappa shape index (κ2) is 9.22. The zero-order valence-electron chi connectivity index (χ0n) is 14.7. The van der Waals surface area contributed by atoms with E-state index in [-0.39, 0.29) is 30.4 Å². The van der Waals surface area contributed by atoms with Gasteiger partial charge in [0.2, 0.25) is 5.91 Å². The highest BCUT2D eigenvalue weighted by molar-refractivity contribution is 7.12. The van der Waals surface area contributed by atoms with Gasteiger partial charge >= 0.3 is 0 Å². The van der Waals surface area contributed by atoms with Crippen LogP contribution in [0.2, 0.25) is 0 Å². The van der Waals surface area contributed by atoms with Crippen molar-refractivity contribution in [1.29, 1.82) is 0 Å². The van der Waals surface area contributed by atoms with Crippen LogP contribution < -0.4 is 15.4 Å². The second-order valence-electron chi connectivity index (χ2n) is 6.01. The van der Waals surface area contributed by atoms with Crippen molar-refractivity contribution < 1.29 is 14.3 Å². The van der Waals surface area contributed by atoms with E-state index in [1.807, 2.05) is 56.5 Å². The highest BCUT2D eigenvalue weighted by Gasteiger charge is 2.12. The summed E-state index contributed by atoms with van der Waals surface area (Å²) in [5.74, 6) is 0.542. The maximum absolute atomic E-state index is 12.1. The van der Waals surface area contributed by atoms with E-state index in [0.29, 0.717) is 11.4 Å². The average Bonchev–Trinajstić information content (AvgIpc) is 3.09. The smallest absolute Gasteiger partial charge is 0.261 e. The number of hydrogen-bond acceptors (Lipinski definition) is 4. The second-order valence-corrected chi connectivity index (χ2v) is 6.96. The lowest BCUT2D eigenvalue weighted by atomic mass is 10.1. The van der Waals surface area contributed by atoms with E-state index in [4.69, 9.17) is 4.74 Å². The summed E-state index contributed by atoms with van der Waals surface area (Å²) >= 11 is 1.38. The highest BCUT2D eigenvalue weighted by atomic mass is 32.1. The molecule has 0 fully saturated rings. The van der Waals surface area contributed by atoms with E-state index in [9.17, 15) is 9.59 Å². The summed E-state index contributed by atoms with van der Waals surface area (Å²) in [6.45, 7) is 6.19. The summed E-state index contributed by atoms with van der Waals surface area (Å²) in [5.41, 5.74) is 0.981. The third-order valence-corrected chi connectivity index (χ3v) is 4.36. The fourth-order valence-corrected chi connectivity index (χ4v) is 2.95. The van der Waals surface area contributed by atoms with Crippen molar-refractivity contribution in [2.75, 3.05) is 6.54 Å². The zero-order chi connectivity index (χ0) is 18.2. The van der Waals surface area contributed by atoms with Gasteiger partial charge in [0, 0.05) is 13.0 Å². The molecule has 5 nitrogen and oxygen atoms in total. The lowest BCUT2D eigenvalue weighted by molar-refractivity contribution is -0.121. The third kappa shape index (κ3) is 6.23. The first kappa shape index (κ1) is 19.0. The van der Waals surface area contributed by atoms with Crippen molar-refractivity contribution in [1.82, 2.24) is 10.6 Å². The molecule has 6 heteroatoms. The number of benzene rings is 1. The van der Waals surface area contributed by atoms with E-state index < -0.39 is 0 Å². The fraction of sp³-hybridized carbons (Fsp3) is 0.368. The van der Waals surface area contributed by atoms with Gasteiger partial charge in [-0.3, -0.25) is 9.59 Å². The Hall–Kier alpha value is -2.34. The average molecular weight is 360 g/mol. The summed E-state index contributed by atoms with van der Waals surface area (Å²) in [5, 5.41) is 7.54. The number of nitrogens with one attached hydrogen (secondary N) is 2. The molecule has 0 radical (unpaired) electrons. The van der Waals surface area contributed by atoms with Gasteiger partial charge in [0.1, 0.15) is 5.75 Å². The van der Waals surface area contributed by atoms with Crippen molar-refractivity contribution in [2.45, 2.75) is 39.3 Å². The van der Waals surface area contributed by atoms with Crippen LogP contribution >= 0.6 is 11.3 Å². The standard InChI is InChI=1S/C19H24N2O3S/c1-13(2)24-16-7-4-6-15(12-16)14(3)21-18(22)9-10-20-19(23)17-8-5-11-25-17/h4-8,11-14H,9-10H2,1-3H3,(H,20,23)(H,21,22). The largest absolute Gasteiger partial charge is 0.491 e. The number of rotatable bonds is 8. The molecule has 0 aliphatic carbocycles. The van der Waals surface area contributed by atoms with Crippen LogP contribution in [0, 0.1) is 0 Å². The summed E-state index contributed by atoms with van der Waals surface area (Å²) in [6.07, 6.45) is 0.344. The summed E-state index contributed by atoms with van der Waals surface area (Å²) in [4.78, 5) is 24.5. The molecule has 0 saturated heterocycles. The van der Waals surface area contributed by atoms with E-state index in [0.717, 1.165) is 11.3 Å². The van der Waals surface area contributed by atoms with Crippen molar-refractivity contribution in [3.8, 4) is 5.75 Å². The molecule has 0 spiro atoms. The molecular formula is C19H24N2O3S. The highest BCUT2D eigenvalue weighted by Crippen LogP contribution is 2.20. The molecule has 0 saturated carbocycles. The molecule has 2 rings (SSSR count). The Morgan fingerprint density at radius 2 is 1.96 bits per heavy atom. The van der Waals surface area contributed by atoms with Crippen molar-refractivity contribution in [3.63, 3.8) is 0 Å². The molecule has 1 heterocycles. The van der Waals surface area contributed by atoms with Crippen molar-refractivity contribution >= 4 is 23.2 Å². The SMILES string of the molecule is CC(C)Oc1cccc(C(C)NC(=O)CCNC(=O)c2cccs2)c1. The molecule has 2 aromatic rings. The quantitative estimate of drug-likeness (QED) is 0.757. The Morgan fingerprint density at radius 1 is 1.16 bits per heavy atom. The number of carbonyl (C=O) groups is 2. The Labute approximate surface area is 152 Å². The Kier molecular flexibility index (Phi) is 7.01. The van der Waals surface area contributed by atoms with Gasteiger partial charge in [-0.1, -0.05) is 18.2 Å². The Balaban J connectivity index is 1.78. The lowest BCUT2D eigenvalue weighted by Crippen LogP contribution is -2.31. The minimum atomic E-state index is -0.144. The van der Waals surface area contributed by atoms with Crippen LogP contribution in [-0.4, -0.2) is 24.5 Å². The first-order valence-corrected chi connectivity index (χ1v) is 9.21. The third-order valence-electron chi connectivity index (χ3n) is 3.49. The molecule has 1 aromatic heterocycles. The molecule has 1 aromatic carbocycles. The zero-order valence-corrected chi connectivity index (χ0v) is 15.6. The molecule has 0 aliphatic heterocycles. The van der Waals surface area contributed by atoms with Gasteiger partial charge in [0.05, 0.1) is 17.0 Å². The Bertz CT molecular complexity index is 698. The van der Waals surface area contributed by atoms with E-state index in [1.165, 1.54) is 11.3 Å². The summed E-state index contributed by atoms with van der Waals surface area (Å²) < 4.78 is 5.68. The maximum atomic E-state index is 12.1. The lowest BCUT2D eigenvalue weighted by Gasteiger charge is -2.16. The van der Waals surface area contributed by atoms with Gasteiger partial charge in [0.15, 0.2) is 0 Å². The molecule has 0 aliphatic rings. The number of thiophene rings is 1. The van der Waals surface area contributed by atoms with Crippen LogP contribution in [0.25, 0.3) is 0 Å². The minimum absolute atomic E-state index is 0.103. The number of ether oxygens (including phenoxy) is 1. The topological polar surface area (TPSA) is 67.4 Å². The molecule has 25 heavy (non-hydrogen) atoms. The van der Waals surface area contributed by atoms with Crippen molar-refractivity contribution in [3.05, 3.63) is 52.2 Å². The minimum Gasteiger partial charge on any atom is -0.491 e. The van der Waals surface area contributed by atoms with Gasteiger partial charge in [-0.05, 0) is 49.9 Å². The van der Waals surface area contributed by atoms with E-state index in [2.05, 4.69) is 10.6 Å². The molecular weight excluding hydrogens is 336 g/mol. The van der Waals surface area contributed by atoms with Gasteiger partial charge in [-0.15, -0.1) is 11.3 Å². The van der Waals surface area contributed by atoms with Crippen LogP contribution in [-0.2, 0) is 4.79 Å².